The van der Waals surface area contributed by atoms with Gasteiger partial charge in [0.1, 0.15) is 11.5 Å². The third-order valence-corrected chi connectivity index (χ3v) is 2.71. The SMILES string of the molecule is Cc1ccc(C(C)Nc2ccc(CO)cc2)o1. The number of anilines is 1. The molecule has 17 heavy (non-hydrogen) atoms. The van der Waals surface area contributed by atoms with Crippen molar-refractivity contribution in [1.82, 2.24) is 0 Å². The van der Waals surface area contributed by atoms with E-state index >= 15 is 0 Å². The smallest absolute Gasteiger partial charge is 0.126 e. The molecule has 0 radical (unpaired) electrons. The Bertz CT molecular complexity index is 473. The van der Waals surface area contributed by atoms with Gasteiger partial charge in [-0.05, 0) is 43.7 Å². The van der Waals surface area contributed by atoms with E-state index in [0.29, 0.717) is 0 Å². The number of furan rings is 1. The molecule has 1 atom stereocenters. The summed E-state index contributed by atoms with van der Waals surface area (Å²) >= 11 is 0. The summed E-state index contributed by atoms with van der Waals surface area (Å²) in [7, 11) is 0. The van der Waals surface area contributed by atoms with Gasteiger partial charge in [-0.2, -0.15) is 0 Å². The summed E-state index contributed by atoms with van der Waals surface area (Å²) in [5.74, 6) is 1.85. The van der Waals surface area contributed by atoms with Crippen molar-refractivity contribution < 1.29 is 9.52 Å². The number of aliphatic hydroxyl groups excluding tert-OH is 1. The Kier molecular flexibility index (Phi) is 3.49. The van der Waals surface area contributed by atoms with Crippen LogP contribution in [0.2, 0.25) is 0 Å². The predicted molar refractivity (Wildman–Crippen MR) is 67.8 cm³/mol. The first-order chi connectivity index (χ1) is 8.19. The Morgan fingerprint density at radius 2 is 1.88 bits per heavy atom. The van der Waals surface area contributed by atoms with Crippen molar-refractivity contribution in [3.63, 3.8) is 0 Å². The fraction of sp³-hybridized carbons (Fsp3) is 0.286. The van der Waals surface area contributed by atoms with Gasteiger partial charge in [-0.25, -0.2) is 0 Å². The average Bonchev–Trinajstić information content (AvgIpc) is 2.77. The van der Waals surface area contributed by atoms with Gasteiger partial charge in [-0.3, -0.25) is 0 Å². The lowest BCUT2D eigenvalue weighted by Gasteiger charge is -2.13. The topological polar surface area (TPSA) is 45.4 Å². The summed E-state index contributed by atoms with van der Waals surface area (Å²) in [6.45, 7) is 4.07. The van der Waals surface area contributed by atoms with E-state index in [1.54, 1.807) is 0 Å². The highest BCUT2D eigenvalue weighted by molar-refractivity contribution is 5.45. The zero-order valence-corrected chi connectivity index (χ0v) is 10.1. The molecule has 0 aliphatic carbocycles. The molecule has 3 heteroatoms. The molecule has 0 amide bonds. The molecule has 1 unspecified atom stereocenters. The first-order valence-corrected chi connectivity index (χ1v) is 5.71. The molecule has 1 aromatic carbocycles. The molecule has 3 nitrogen and oxygen atoms in total. The predicted octanol–water partition coefficient (Wildman–Crippen LogP) is 3.25. The number of nitrogens with one attached hydrogen (secondary N) is 1. The Morgan fingerprint density at radius 1 is 1.18 bits per heavy atom. The first-order valence-electron chi connectivity index (χ1n) is 5.71. The Morgan fingerprint density at radius 3 is 2.41 bits per heavy atom. The van der Waals surface area contributed by atoms with Crippen LogP contribution in [0, 0.1) is 6.92 Å². The lowest BCUT2D eigenvalue weighted by molar-refractivity contribution is 0.282. The van der Waals surface area contributed by atoms with Crippen molar-refractivity contribution in [1.29, 1.82) is 0 Å². The highest BCUT2D eigenvalue weighted by Gasteiger charge is 2.08. The molecule has 0 saturated carbocycles. The van der Waals surface area contributed by atoms with Crippen LogP contribution in [0.4, 0.5) is 5.69 Å². The Balaban J connectivity index is 2.04. The molecule has 90 valence electrons. The lowest BCUT2D eigenvalue weighted by atomic mass is 10.2. The van der Waals surface area contributed by atoms with Gasteiger partial charge in [0.05, 0.1) is 12.6 Å². The van der Waals surface area contributed by atoms with E-state index in [-0.39, 0.29) is 12.6 Å². The van der Waals surface area contributed by atoms with Gasteiger partial charge in [0.25, 0.3) is 0 Å². The number of hydrogen-bond donors (Lipinski definition) is 2. The van der Waals surface area contributed by atoms with Gasteiger partial charge in [0.2, 0.25) is 0 Å². The third-order valence-electron chi connectivity index (χ3n) is 2.71. The van der Waals surface area contributed by atoms with Gasteiger partial charge in [0, 0.05) is 5.69 Å². The minimum atomic E-state index is 0.0766. The fourth-order valence-corrected chi connectivity index (χ4v) is 1.71. The minimum Gasteiger partial charge on any atom is -0.464 e. The van der Waals surface area contributed by atoms with Crippen LogP contribution >= 0.6 is 0 Å². The summed E-state index contributed by atoms with van der Waals surface area (Å²) < 4.78 is 5.56. The zero-order valence-electron chi connectivity index (χ0n) is 10.1. The molecule has 2 rings (SSSR count). The summed E-state index contributed by atoms with van der Waals surface area (Å²) in [4.78, 5) is 0. The second-order valence-electron chi connectivity index (χ2n) is 4.17. The summed E-state index contributed by atoms with van der Waals surface area (Å²) in [6.07, 6.45) is 0. The van der Waals surface area contributed by atoms with E-state index in [1.807, 2.05) is 43.3 Å². The van der Waals surface area contributed by atoms with Crippen molar-refractivity contribution in [2.75, 3.05) is 5.32 Å². The molecule has 2 aromatic rings. The normalized spacial score (nSPS) is 12.4. The molecule has 1 aromatic heterocycles. The van der Waals surface area contributed by atoms with Gasteiger partial charge in [0.15, 0.2) is 0 Å². The summed E-state index contributed by atoms with van der Waals surface area (Å²) in [5, 5.41) is 12.3. The molecule has 0 aliphatic heterocycles. The van der Waals surface area contributed by atoms with Crippen LogP contribution in [0.5, 0.6) is 0 Å². The fourth-order valence-electron chi connectivity index (χ4n) is 1.71. The van der Waals surface area contributed by atoms with Crippen molar-refractivity contribution in [2.45, 2.75) is 26.5 Å². The Labute approximate surface area is 101 Å². The standard InChI is InChI=1S/C14H17NO2/c1-10-3-8-14(17-10)11(2)15-13-6-4-12(9-16)5-7-13/h3-8,11,15-16H,9H2,1-2H3. The molecule has 0 saturated heterocycles. The van der Waals surface area contributed by atoms with E-state index in [0.717, 1.165) is 22.8 Å². The molecular weight excluding hydrogens is 214 g/mol. The van der Waals surface area contributed by atoms with Crippen LogP contribution in [0.3, 0.4) is 0 Å². The third kappa shape index (κ3) is 2.88. The van der Waals surface area contributed by atoms with Gasteiger partial charge >= 0.3 is 0 Å². The van der Waals surface area contributed by atoms with Crippen LogP contribution in [-0.4, -0.2) is 5.11 Å². The van der Waals surface area contributed by atoms with Gasteiger partial charge in [-0.1, -0.05) is 12.1 Å². The molecule has 1 heterocycles. The molecule has 0 spiro atoms. The van der Waals surface area contributed by atoms with E-state index in [9.17, 15) is 0 Å². The minimum absolute atomic E-state index is 0.0766. The Hall–Kier alpha value is -1.74. The van der Waals surface area contributed by atoms with Gasteiger partial charge < -0.3 is 14.8 Å². The highest BCUT2D eigenvalue weighted by atomic mass is 16.3. The lowest BCUT2D eigenvalue weighted by Crippen LogP contribution is -2.05. The second-order valence-corrected chi connectivity index (χ2v) is 4.17. The monoisotopic (exact) mass is 231 g/mol. The molecule has 2 N–H and O–H groups in total. The van der Waals surface area contributed by atoms with Crippen LogP contribution in [0.1, 0.15) is 30.0 Å². The molecule has 0 bridgehead atoms. The summed E-state index contributed by atoms with van der Waals surface area (Å²) in [6, 6.07) is 11.8. The van der Waals surface area contributed by atoms with Crippen molar-refractivity contribution in [3.05, 3.63) is 53.5 Å². The maximum atomic E-state index is 8.96. The van der Waals surface area contributed by atoms with E-state index in [2.05, 4.69) is 12.2 Å². The number of benzene rings is 1. The molecular formula is C14H17NO2. The van der Waals surface area contributed by atoms with Gasteiger partial charge in [-0.15, -0.1) is 0 Å². The van der Waals surface area contributed by atoms with Crippen LogP contribution < -0.4 is 5.32 Å². The zero-order chi connectivity index (χ0) is 12.3. The van der Waals surface area contributed by atoms with E-state index < -0.39 is 0 Å². The number of rotatable bonds is 4. The maximum Gasteiger partial charge on any atom is 0.126 e. The maximum absolute atomic E-state index is 8.96. The molecule has 0 aliphatic rings. The van der Waals surface area contributed by atoms with Crippen LogP contribution in [-0.2, 0) is 6.61 Å². The van der Waals surface area contributed by atoms with Crippen LogP contribution in [0.15, 0.2) is 40.8 Å². The van der Waals surface area contributed by atoms with Crippen molar-refractivity contribution >= 4 is 5.69 Å². The summed E-state index contributed by atoms with van der Waals surface area (Å²) in [5.41, 5.74) is 1.93. The van der Waals surface area contributed by atoms with Crippen molar-refractivity contribution in [2.24, 2.45) is 0 Å². The number of aryl methyl sites for hydroxylation is 1. The first kappa shape index (κ1) is 11.7. The second kappa shape index (κ2) is 5.06. The number of hydrogen-bond acceptors (Lipinski definition) is 3. The largest absolute Gasteiger partial charge is 0.464 e. The quantitative estimate of drug-likeness (QED) is 0.849. The van der Waals surface area contributed by atoms with E-state index in [1.165, 1.54) is 0 Å². The number of aliphatic hydroxyl groups is 1. The highest BCUT2D eigenvalue weighted by Crippen LogP contribution is 2.21. The molecule has 0 fully saturated rings. The van der Waals surface area contributed by atoms with Crippen molar-refractivity contribution in [3.8, 4) is 0 Å². The average molecular weight is 231 g/mol. The van der Waals surface area contributed by atoms with E-state index in [4.69, 9.17) is 9.52 Å². The van der Waals surface area contributed by atoms with Crippen LogP contribution in [0.25, 0.3) is 0 Å².